The minimum Gasteiger partial charge on any atom is -0.308 e. The van der Waals surface area contributed by atoms with Gasteiger partial charge in [-0.15, -0.1) is 0 Å². The zero-order valence-corrected chi connectivity index (χ0v) is 31.2. The maximum absolute atomic E-state index is 4.82. The molecular formula is C52H32N6. The number of rotatable bonds is 4. The molecule has 270 valence electrons. The van der Waals surface area contributed by atoms with Gasteiger partial charge in [0.2, 0.25) is 0 Å². The zero-order valence-electron chi connectivity index (χ0n) is 31.2. The lowest BCUT2D eigenvalue weighted by molar-refractivity contribution is 1.08. The summed E-state index contributed by atoms with van der Waals surface area (Å²) in [6.07, 6.45) is 3.74. The molecular weight excluding hydrogens is 709 g/mol. The number of pyridine rings is 2. The molecule has 6 heteroatoms. The second kappa shape index (κ2) is 11.8. The van der Waals surface area contributed by atoms with Crippen LogP contribution in [0.1, 0.15) is 0 Å². The van der Waals surface area contributed by atoms with Crippen LogP contribution < -0.4 is 0 Å². The molecule has 6 nitrogen and oxygen atoms in total. The van der Waals surface area contributed by atoms with Gasteiger partial charge in [0.25, 0.3) is 0 Å². The fraction of sp³-hybridized carbons (Fsp3) is 0. The number of para-hydroxylation sites is 4. The number of hydrogen-bond acceptors (Lipinski definition) is 2. The van der Waals surface area contributed by atoms with E-state index in [1.807, 2.05) is 24.5 Å². The van der Waals surface area contributed by atoms with E-state index in [0.717, 1.165) is 45.1 Å². The summed E-state index contributed by atoms with van der Waals surface area (Å²) >= 11 is 0. The second-order valence-electron chi connectivity index (χ2n) is 15.0. The Hall–Kier alpha value is -7.96. The van der Waals surface area contributed by atoms with Gasteiger partial charge in [0, 0.05) is 66.9 Å². The minimum absolute atomic E-state index is 0.903. The molecule has 0 aliphatic heterocycles. The normalized spacial score (nSPS) is 12.1. The van der Waals surface area contributed by atoms with Gasteiger partial charge >= 0.3 is 0 Å². The minimum atomic E-state index is 0.903. The summed E-state index contributed by atoms with van der Waals surface area (Å²) in [6, 6.07) is 65.5. The summed E-state index contributed by atoms with van der Waals surface area (Å²) in [5, 5.41) is 9.70. The third kappa shape index (κ3) is 4.15. The summed E-state index contributed by atoms with van der Waals surface area (Å²) in [6.45, 7) is 0. The lowest BCUT2D eigenvalue weighted by Gasteiger charge is -2.14. The Labute approximate surface area is 331 Å². The van der Waals surface area contributed by atoms with Gasteiger partial charge in [-0.1, -0.05) is 103 Å². The standard InChI is InChI=1S/C52H32N6/c1-5-20-41-35(16-1)37-26-28-45-49(39-18-3-7-22-43(39)57(45)47-24-9-11-30-53-47)51(37)55(41)33-14-13-15-34(32-33)56-42-21-6-2-17-36(42)38-27-29-46-50(52(38)56)40-19-4-8-23-44(40)58(46)48-25-10-12-31-54-48/h1-32H. The van der Waals surface area contributed by atoms with E-state index in [1.54, 1.807) is 0 Å². The Kier molecular flexibility index (Phi) is 6.35. The van der Waals surface area contributed by atoms with Crippen molar-refractivity contribution in [2.75, 3.05) is 0 Å². The van der Waals surface area contributed by atoms with E-state index < -0.39 is 0 Å². The third-order valence-corrected chi connectivity index (χ3v) is 12.0. The molecule has 6 heterocycles. The largest absolute Gasteiger partial charge is 0.308 e. The first-order chi connectivity index (χ1) is 28.8. The molecule has 0 N–H and O–H groups in total. The van der Waals surface area contributed by atoms with E-state index in [-0.39, 0.29) is 0 Å². The number of nitrogens with zero attached hydrogens (tertiary/aromatic N) is 6. The number of aromatic nitrogens is 6. The molecule has 0 aliphatic rings. The van der Waals surface area contributed by atoms with Crippen LogP contribution in [0.15, 0.2) is 194 Å². The fourth-order valence-electron chi connectivity index (χ4n) is 9.79. The van der Waals surface area contributed by atoms with E-state index in [1.165, 1.54) is 65.2 Å². The molecule has 0 bridgehead atoms. The molecule has 0 fully saturated rings. The molecule has 0 spiro atoms. The lowest BCUT2D eigenvalue weighted by Crippen LogP contribution is -1.99. The number of hydrogen-bond donors (Lipinski definition) is 0. The molecule has 6 aromatic heterocycles. The van der Waals surface area contributed by atoms with Crippen molar-refractivity contribution in [2.45, 2.75) is 0 Å². The molecule has 0 saturated carbocycles. The van der Waals surface area contributed by atoms with E-state index in [0.29, 0.717) is 0 Å². The Morgan fingerprint density at radius 2 is 0.672 bits per heavy atom. The fourth-order valence-corrected chi connectivity index (χ4v) is 9.79. The van der Waals surface area contributed by atoms with Crippen LogP contribution in [0.25, 0.3) is 110 Å². The molecule has 0 unspecified atom stereocenters. The highest BCUT2D eigenvalue weighted by Gasteiger charge is 2.23. The summed E-state index contributed by atoms with van der Waals surface area (Å²) in [5.41, 5.74) is 11.4. The van der Waals surface area contributed by atoms with Gasteiger partial charge in [-0.3, -0.25) is 9.13 Å². The number of fused-ring (bicyclic) bond motifs is 14. The maximum atomic E-state index is 4.82. The lowest BCUT2D eigenvalue weighted by atomic mass is 10.1. The summed E-state index contributed by atoms with van der Waals surface area (Å²) < 4.78 is 9.55. The molecule has 0 saturated heterocycles. The van der Waals surface area contributed by atoms with Gasteiger partial charge < -0.3 is 9.13 Å². The van der Waals surface area contributed by atoms with Crippen LogP contribution in [0, 0.1) is 0 Å². The predicted molar refractivity (Wildman–Crippen MR) is 239 cm³/mol. The molecule has 0 aliphatic carbocycles. The van der Waals surface area contributed by atoms with Crippen molar-refractivity contribution in [1.29, 1.82) is 0 Å². The summed E-state index contributed by atoms with van der Waals surface area (Å²) in [4.78, 5) is 9.64. The zero-order chi connectivity index (χ0) is 37.9. The first-order valence-electron chi connectivity index (χ1n) is 19.7. The Morgan fingerprint density at radius 1 is 0.276 bits per heavy atom. The van der Waals surface area contributed by atoms with Crippen molar-refractivity contribution in [1.82, 2.24) is 28.2 Å². The molecule has 13 rings (SSSR count). The van der Waals surface area contributed by atoms with Gasteiger partial charge in [-0.05, 0) is 78.9 Å². The van der Waals surface area contributed by atoms with Crippen LogP contribution in [-0.4, -0.2) is 28.2 Å². The smallest absolute Gasteiger partial charge is 0.137 e. The van der Waals surface area contributed by atoms with Crippen LogP contribution >= 0.6 is 0 Å². The van der Waals surface area contributed by atoms with Gasteiger partial charge in [0.15, 0.2) is 0 Å². The molecule has 7 aromatic carbocycles. The Balaban J connectivity index is 1.15. The number of benzene rings is 7. The van der Waals surface area contributed by atoms with Crippen LogP contribution in [0.5, 0.6) is 0 Å². The molecule has 58 heavy (non-hydrogen) atoms. The van der Waals surface area contributed by atoms with E-state index in [9.17, 15) is 0 Å². The van der Waals surface area contributed by atoms with Crippen molar-refractivity contribution in [2.24, 2.45) is 0 Å². The summed E-state index contributed by atoms with van der Waals surface area (Å²) in [7, 11) is 0. The quantitative estimate of drug-likeness (QED) is 0.180. The van der Waals surface area contributed by atoms with E-state index >= 15 is 0 Å². The van der Waals surface area contributed by atoms with Crippen LogP contribution in [0.2, 0.25) is 0 Å². The van der Waals surface area contributed by atoms with Gasteiger partial charge in [-0.25, -0.2) is 9.97 Å². The van der Waals surface area contributed by atoms with Crippen LogP contribution in [0.3, 0.4) is 0 Å². The van der Waals surface area contributed by atoms with Crippen molar-refractivity contribution >= 4 is 87.2 Å². The highest BCUT2D eigenvalue weighted by atomic mass is 15.1. The highest BCUT2D eigenvalue weighted by molar-refractivity contribution is 6.27. The summed E-state index contributed by atoms with van der Waals surface area (Å²) in [5.74, 6) is 1.81. The van der Waals surface area contributed by atoms with E-state index in [4.69, 9.17) is 9.97 Å². The van der Waals surface area contributed by atoms with E-state index in [2.05, 4.69) is 188 Å². The van der Waals surface area contributed by atoms with Crippen molar-refractivity contribution in [3.8, 4) is 23.0 Å². The van der Waals surface area contributed by atoms with Gasteiger partial charge in [0.1, 0.15) is 11.6 Å². The monoisotopic (exact) mass is 740 g/mol. The SMILES string of the molecule is c1ccc(-n2c3ccccc3c3c2ccc2c4ccccc4n(-c4cccc(-n5c6ccccc6c6ccc7c(c8ccccc8n7-c7ccccn7)c65)c4)c23)nc1. The molecule has 13 aromatic rings. The topological polar surface area (TPSA) is 45.5 Å². The average Bonchev–Trinajstić information content (AvgIpc) is 4.02. The average molecular weight is 741 g/mol. The van der Waals surface area contributed by atoms with Crippen LogP contribution in [0.4, 0.5) is 0 Å². The molecule has 0 radical (unpaired) electrons. The maximum Gasteiger partial charge on any atom is 0.137 e. The molecule has 0 amide bonds. The van der Waals surface area contributed by atoms with Crippen LogP contribution in [-0.2, 0) is 0 Å². The Morgan fingerprint density at radius 3 is 1.10 bits per heavy atom. The first-order valence-corrected chi connectivity index (χ1v) is 19.7. The second-order valence-corrected chi connectivity index (χ2v) is 15.0. The predicted octanol–water partition coefficient (Wildman–Crippen LogP) is 12.9. The first kappa shape index (κ1) is 31.3. The molecule has 0 atom stereocenters. The van der Waals surface area contributed by atoms with Gasteiger partial charge in [-0.2, -0.15) is 0 Å². The third-order valence-electron chi connectivity index (χ3n) is 12.0. The van der Waals surface area contributed by atoms with Crippen molar-refractivity contribution < 1.29 is 0 Å². The van der Waals surface area contributed by atoms with Gasteiger partial charge in [0.05, 0.1) is 44.1 Å². The Bertz CT molecular complexity index is 3540. The van der Waals surface area contributed by atoms with Crippen molar-refractivity contribution in [3.05, 3.63) is 194 Å². The van der Waals surface area contributed by atoms with Crippen molar-refractivity contribution in [3.63, 3.8) is 0 Å². The highest BCUT2D eigenvalue weighted by Crippen LogP contribution is 2.44.